The van der Waals surface area contributed by atoms with Crippen molar-refractivity contribution in [3.05, 3.63) is 0 Å². The number of amides is 1. The summed E-state index contributed by atoms with van der Waals surface area (Å²) in [5, 5.41) is 3.27. The third kappa shape index (κ3) is 5.16. The average Bonchev–Trinajstić information content (AvgIpc) is 2.39. The van der Waals surface area contributed by atoms with E-state index in [4.69, 9.17) is 4.74 Å². The number of nitrogens with zero attached hydrogens (tertiary/aromatic N) is 2. The lowest BCUT2D eigenvalue weighted by Gasteiger charge is -2.33. The standard InChI is InChI=1S/C13H25N3O3/c1-10(13(18)19-4)14-11-5-7-16(8-6-11)9-12(17)15(2)3/h10-11,14H,5-9H2,1-4H3. The minimum absolute atomic E-state index is 0.134. The molecule has 1 saturated heterocycles. The maximum atomic E-state index is 11.6. The van der Waals surface area contributed by atoms with Crippen LogP contribution in [-0.4, -0.2) is 74.6 Å². The van der Waals surface area contributed by atoms with Crippen LogP contribution in [0, 0.1) is 0 Å². The first kappa shape index (κ1) is 15.9. The minimum atomic E-state index is -0.273. The number of nitrogens with one attached hydrogen (secondary N) is 1. The first-order valence-corrected chi connectivity index (χ1v) is 6.70. The highest BCUT2D eigenvalue weighted by molar-refractivity contribution is 5.77. The van der Waals surface area contributed by atoms with Crippen LogP contribution in [0.2, 0.25) is 0 Å². The lowest BCUT2D eigenvalue weighted by atomic mass is 10.0. The Bertz CT molecular complexity index is 312. The zero-order valence-electron chi connectivity index (χ0n) is 12.3. The second kappa shape index (κ2) is 7.45. The smallest absolute Gasteiger partial charge is 0.322 e. The van der Waals surface area contributed by atoms with Crippen molar-refractivity contribution in [1.29, 1.82) is 0 Å². The van der Waals surface area contributed by atoms with Gasteiger partial charge in [-0.3, -0.25) is 14.5 Å². The third-order valence-electron chi connectivity index (χ3n) is 3.49. The maximum absolute atomic E-state index is 11.6. The molecule has 1 heterocycles. The molecule has 0 spiro atoms. The second-order valence-corrected chi connectivity index (χ2v) is 5.25. The van der Waals surface area contributed by atoms with Crippen LogP contribution in [0.5, 0.6) is 0 Å². The first-order valence-electron chi connectivity index (χ1n) is 6.70. The van der Waals surface area contributed by atoms with Crippen molar-refractivity contribution in [2.24, 2.45) is 0 Å². The quantitative estimate of drug-likeness (QED) is 0.695. The van der Waals surface area contributed by atoms with Gasteiger partial charge in [0.15, 0.2) is 0 Å². The van der Waals surface area contributed by atoms with E-state index >= 15 is 0 Å². The molecule has 1 N–H and O–H groups in total. The van der Waals surface area contributed by atoms with Crippen molar-refractivity contribution in [3.8, 4) is 0 Å². The van der Waals surface area contributed by atoms with E-state index in [0.717, 1.165) is 25.9 Å². The van der Waals surface area contributed by atoms with Gasteiger partial charge in [-0.1, -0.05) is 0 Å². The molecule has 0 bridgehead atoms. The molecule has 0 saturated carbocycles. The highest BCUT2D eigenvalue weighted by Crippen LogP contribution is 2.11. The first-order chi connectivity index (χ1) is 8.93. The van der Waals surface area contributed by atoms with Crippen LogP contribution >= 0.6 is 0 Å². The number of likely N-dealkylation sites (N-methyl/N-ethyl adjacent to an activating group) is 1. The summed E-state index contributed by atoms with van der Waals surface area (Å²) in [6, 6.07) is 0.0461. The Morgan fingerprint density at radius 2 is 1.95 bits per heavy atom. The molecular weight excluding hydrogens is 246 g/mol. The summed E-state index contributed by atoms with van der Waals surface area (Å²) in [6.45, 7) is 4.05. The Morgan fingerprint density at radius 3 is 2.42 bits per heavy atom. The molecule has 1 atom stereocenters. The molecule has 1 unspecified atom stereocenters. The molecule has 6 heteroatoms. The largest absolute Gasteiger partial charge is 0.468 e. The zero-order valence-corrected chi connectivity index (χ0v) is 12.3. The van der Waals surface area contributed by atoms with Crippen LogP contribution in [0.3, 0.4) is 0 Å². The van der Waals surface area contributed by atoms with E-state index < -0.39 is 0 Å². The molecule has 19 heavy (non-hydrogen) atoms. The number of piperidine rings is 1. The Balaban J connectivity index is 2.29. The summed E-state index contributed by atoms with van der Waals surface area (Å²) < 4.78 is 4.69. The van der Waals surface area contributed by atoms with Gasteiger partial charge in [0, 0.05) is 33.2 Å². The van der Waals surface area contributed by atoms with Crippen LogP contribution in [0.4, 0.5) is 0 Å². The van der Waals surface area contributed by atoms with E-state index in [1.807, 2.05) is 6.92 Å². The van der Waals surface area contributed by atoms with Crippen molar-refractivity contribution in [1.82, 2.24) is 15.1 Å². The number of carbonyl (C=O) groups excluding carboxylic acids is 2. The van der Waals surface area contributed by atoms with Crippen molar-refractivity contribution >= 4 is 11.9 Å². The predicted octanol–water partition coefficient (Wildman–Crippen LogP) is -0.310. The number of likely N-dealkylation sites (tertiary alicyclic amines) is 1. The van der Waals surface area contributed by atoms with Gasteiger partial charge in [-0.25, -0.2) is 0 Å². The monoisotopic (exact) mass is 271 g/mol. The van der Waals surface area contributed by atoms with Gasteiger partial charge in [-0.15, -0.1) is 0 Å². The van der Waals surface area contributed by atoms with E-state index in [1.54, 1.807) is 19.0 Å². The van der Waals surface area contributed by atoms with Crippen molar-refractivity contribution in [2.45, 2.75) is 31.8 Å². The van der Waals surface area contributed by atoms with Gasteiger partial charge in [0.05, 0.1) is 13.7 Å². The Hall–Kier alpha value is -1.14. The Labute approximate surface area is 115 Å². The van der Waals surface area contributed by atoms with Gasteiger partial charge in [-0.2, -0.15) is 0 Å². The fraction of sp³-hybridized carbons (Fsp3) is 0.846. The number of rotatable bonds is 5. The van der Waals surface area contributed by atoms with E-state index in [2.05, 4.69) is 10.2 Å². The summed E-state index contributed by atoms with van der Waals surface area (Å²) >= 11 is 0. The summed E-state index contributed by atoms with van der Waals surface area (Å²) in [4.78, 5) is 26.7. The Morgan fingerprint density at radius 1 is 1.37 bits per heavy atom. The molecule has 6 nitrogen and oxygen atoms in total. The number of ether oxygens (including phenoxy) is 1. The third-order valence-corrected chi connectivity index (χ3v) is 3.49. The Kier molecular flexibility index (Phi) is 6.24. The molecule has 0 radical (unpaired) electrons. The summed E-state index contributed by atoms with van der Waals surface area (Å²) in [5.41, 5.74) is 0. The normalized spacial score (nSPS) is 18.9. The highest BCUT2D eigenvalue weighted by Gasteiger charge is 2.24. The summed E-state index contributed by atoms with van der Waals surface area (Å²) in [5.74, 6) is -0.0976. The van der Waals surface area contributed by atoms with Gasteiger partial charge in [0.1, 0.15) is 6.04 Å². The van der Waals surface area contributed by atoms with Crippen LogP contribution < -0.4 is 5.32 Å². The zero-order chi connectivity index (χ0) is 14.4. The molecular formula is C13H25N3O3. The number of hydrogen-bond acceptors (Lipinski definition) is 5. The SMILES string of the molecule is COC(=O)C(C)NC1CCN(CC(=O)N(C)C)CC1. The fourth-order valence-corrected chi connectivity index (χ4v) is 2.19. The van der Waals surface area contributed by atoms with Gasteiger partial charge >= 0.3 is 5.97 Å². The molecule has 1 amide bonds. The molecule has 1 fully saturated rings. The number of hydrogen-bond donors (Lipinski definition) is 1. The molecule has 110 valence electrons. The second-order valence-electron chi connectivity index (χ2n) is 5.25. The van der Waals surface area contributed by atoms with E-state index in [-0.39, 0.29) is 17.9 Å². The van der Waals surface area contributed by atoms with Crippen LogP contribution in [0.25, 0.3) is 0 Å². The molecule has 0 aromatic carbocycles. The molecule has 0 aromatic heterocycles. The van der Waals surface area contributed by atoms with E-state index in [9.17, 15) is 9.59 Å². The summed E-state index contributed by atoms with van der Waals surface area (Å²) in [7, 11) is 4.94. The number of esters is 1. The fourth-order valence-electron chi connectivity index (χ4n) is 2.19. The van der Waals surface area contributed by atoms with Crippen LogP contribution in [0.15, 0.2) is 0 Å². The van der Waals surface area contributed by atoms with Gasteiger partial charge < -0.3 is 15.0 Å². The van der Waals surface area contributed by atoms with Crippen molar-refractivity contribution in [2.75, 3.05) is 40.8 Å². The van der Waals surface area contributed by atoms with Gasteiger partial charge in [-0.05, 0) is 19.8 Å². The van der Waals surface area contributed by atoms with Crippen molar-refractivity contribution in [3.63, 3.8) is 0 Å². The molecule has 1 aliphatic heterocycles. The molecule has 0 aliphatic carbocycles. The van der Waals surface area contributed by atoms with Crippen LogP contribution in [-0.2, 0) is 14.3 Å². The van der Waals surface area contributed by atoms with E-state index in [1.165, 1.54) is 7.11 Å². The molecule has 0 aromatic rings. The van der Waals surface area contributed by atoms with Crippen LogP contribution in [0.1, 0.15) is 19.8 Å². The lowest BCUT2D eigenvalue weighted by Crippen LogP contribution is -2.49. The summed E-state index contributed by atoms with van der Waals surface area (Å²) in [6.07, 6.45) is 1.89. The molecule has 1 aliphatic rings. The minimum Gasteiger partial charge on any atom is -0.468 e. The van der Waals surface area contributed by atoms with E-state index in [0.29, 0.717) is 12.6 Å². The average molecular weight is 271 g/mol. The number of methoxy groups -OCH3 is 1. The van der Waals surface area contributed by atoms with Gasteiger partial charge in [0.2, 0.25) is 5.91 Å². The van der Waals surface area contributed by atoms with Gasteiger partial charge in [0.25, 0.3) is 0 Å². The maximum Gasteiger partial charge on any atom is 0.322 e. The topological polar surface area (TPSA) is 61.9 Å². The van der Waals surface area contributed by atoms with Crippen molar-refractivity contribution < 1.29 is 14.3 Å². The lowest BCUT2D eigenvalue weighted by molar-refractivity contribution is -0.142. The number of carbonyl (C=O) groups is 2. The highest BCUT2D eigenvalue weighted by atomic mass is 16.5. The molecule has 1 rings (SSSR count). The predicted molar refractivity (Wildman–Crippen MR) is 72.8 cm³/mol.